The van der Waals surface area contributed by atoms with Gasteiger partial charge < -0.3 is 11.1 Å². The Labute approximate surface area is 114 Å². The normalized spacial score (nSPS) is 10.7. The lowest BCUT2D eigenvalue weighted by Crippen LogP contribution is -2.12. The third-order valence-electron chi connectivity index (χ3n) is 3.00. The Balaban J connectivity index is 2.13. The number of anilines is 1. The summed E-state index contributed by atoms with van der Waals surface area (Å²) in [5.74, 6) is 0.0192. The first kappa shape index (κ1) is 12.1. The number of nitrogens with two attached hydrogens (primary N) is 1. The SMILES string of the molecule is CNc1ncc2cc(-c3cn[nH]c3C(N)=O)ccc2n1. The van der Waals surface area contributed by atoms with Crippen molar-refractivity contribution in [2.45, 2.75) is 0 Å². The molecule has 100 valence electrons. The molecule has 7 heteroatoms. The van der Waals surface area contributed by atoms with E-state index in [1.54, 1.807) is 19.4 Å². The van der Waals surface area contributed by atoms with E-state index in [-0.39, 0.29) is 5.69 Å². The van der Waals surface area contributed by atoms with Crippen LogP contribution in [0.15, 0.2) is 30.6 Å². The minimum Gasteiger partial charge on any atom is -0.364 e. The van der Waals surface area contributed by atoms with Crippen LogP contribution in [-0.4, -0.2) is 33.1 Å². The van der Waals surface area contributed by atoms with E-state index in [0.29, 0.717) is 11.5 Å². The number of carbonyl (C=O) groups excluding carboxylic acids is 1. The van der Waals surface area contributed by atoms with Crippen LogP contribution in [0.25, 0.3) is 22.0 Å². The topological polar surface area (TPSA) is 110 Å². The number of H-pyrrole nitrogens is 1. The van der Waals surface area contributed by atoms with Crippen molar-refractivity contribution >= 4 is 22.8 Å². The number of aromatic nitrogens is 4. The number of aromatic amines is 1. The number of benzene rings is 1. The fourth-order valence-corrected chi connectivity index (χ4v) is 2.01. The molecule has 2 heterocycles. The van der Waals surface area contributed by atoms with Gasteiger partial charge >= 0.3 is 0 Å². The minimum atomic E-state index is -0.542. The van der Waals surface area contributed by atoms with Crippen molar-refractivity contribution in [1.82, 2.24) is 20.2 Å². The highest BCUT2D eigenvalue weighted by Gasteiger charge is 2.12. The van der Waals surface area contributed by atoms with Crippen molar-refractivity contribution in [1.29, 1.82) is 0 Å². The first-order valence-electron chi connectivity index (χ1n) is 5.97. The molecule has 7 nitrogen and oxygen atoms in total. The van der Waals surface area contributed by atoms with Crippen LogP contribution in [0.3, 0.4) is 0 Å². The summed E-state index contributed by atoms with van der Waals surface area (Å²) in [7, 11) is 1.76. The van der Waals surface area contributed by atoms with E-state index >= 15 is 0 Å². The molecule has 3 aromatic rings. The molecule has 1 amide bonds. The number of hydrogen-bond acceptors (Lipinski definition) is 5. The number of amides is 1. The van der Waals surface area contributed by atoms with E-state index in [2.05, 4.69) is 25.5 Å². The molecule has 0 aliphatic carbocycles. The molecule has 1 aromatic carbocycles. The first-order chi connectivity index (χ1) is 9.69. The summed E-state index contributed by atoms with van der Waals surface area (Å²) >= 11 is 0. The standard InChI is InChI=1S/C13H12N6O/c1-15-13-16-5-8-4-7(2-3-10(8)18-13)9-6-17-19-11(9)12(14)20/h2-6H,1H3,(H2,14,20)(H,17,19)(H,15,16,18). The van der Waals surface area contributed by atoms with Crippen LogP contribution in [0, 0.1) is 0 Å². The molecule has 0 fully saturated rings. The number of primary amides is 1. The zero-order chi connectivity index (χ0) is 14.1. The maximum atomic E-state index is 11.3. The molecule has 2 aromatic heterocycles. The number of nitrogens with one attached hydrogen (secondary N) is 2. The fraction of sp³-hybridized carbons (Fsp3) is 0.0769. The van der Waals surface area contributed by atoms with Gasteiger partial charge in [0.1, 0.15) is 5.69 Å². The van der Waals surface area contributed by atoms with Crippen LogP contribution in [0.4, 0.5) is 5.95 Å². The molecule has 0 spiro atoms. The Morgan fingerprint density at radius 3 is 2.95 bits per heavy atom. The molecular weight excluding hydrogens is 256 g/mol. The van der Waals surface area contributed by atoms with Crippen LogP contribution in [0.2, 0.25) is 0 Å². The van der Waals surface area contributed by atoms with Crippen molar-refractivity contribution in [2.75, 3.05) is 12.4 Å². The Morgan fingerprint density at radius 2 is 2.20 bits per heavy atom. The maximum Gasteiger partial charge on any atom is 0.267 e. The largest absolute Gasteiger partial charge is 0.364 e. The number of rotatable bonds is 3. The van der Waals surface area contributed by atoms with Gasteiger partial charge in [0.25, 0.3) is 5.91 Å². The molecular formula is C13H12N6O. The molecule has 0 aliphatic rings. The second-order valence-electron chi connectivity index (χ2n) is 4.24. The van der Waals surface area contributed by atoms with Crippen molar-refractivity contribution in [3.8, 4) is 11.1 Å². The smallest absolute Gasteiger partial charge is 0.267 e. The second kappa shape index (κ2) is 4.61. The predicted molar refractivity (Wildman–Crippen MR) is 75.2 cm³/mol. The lowest BCUT2D eigenvalue weighted by Gasteiger charge is -2.04. The summed E-state index contributed by atoms with van der Waals surface area (Å²) in [6, 6.07) is 5.63. The molecule has 0 radical (unpaired) electrons. The van der Waals surface area contributed by atoms with Crippen molar-refractivity contribution < 1.29 is 4.79 Å². The number of carbonyl (C=O) groups is 1. The molecule has 0 saturated carbocycles. The Morgan fingerprint density at radius 1 is 1.35 bits per heavy atom. The van der Waals surface area contributed by atoms with Gasteiger partial charge in [0.15, 0.2) is 0 Å². The quantitative estimate of drug-likeness (QED) is 0.660. The lowest BCUT2D eigenvalue weighted by molar-refractivity contribution is 0.0996. The van der Waals surface area contributed by atoms with Crippen LogP contribution in [0.1, 0.15) is 10.5 Å². The van der Waals surface area contributed by atoms with Crippen LogP contribution < -0.4 is 11.1 Å². The van der Waals surface area contributed by atoms with Crippen molar-refractivity contribution in [3.63, 3.8) is 0 Å². The lowest BCUT2D eigenvalue weighted by atomic mass is 10.0. The molecule has 3 rings (SSSR count). The third kappa shape index (κ3) is 1.95. The highest BCUT2D eigenvalue weighted by Crippen LogP contribution is 2.25. The second-order valence-corrected chi connectivity index (χ2v) is 4.24. The fourth-order valence-electron chi connectivity index (χ4n) is 2.01. The average molecular weight is 268 g/mol. The van der Waals surface area contributed by atoms with Gasteiger partial charge in [-0.05, 0) is 17.7 Å². The van der Waals surface area contributed by atoms with Crippen molar-refractivity contribution in [2.24, 2.45) is 5.73 Å². The van der Waals surface area contributed by atoms with Crippen LogP contribution in [-0.2, 0) is 0 Å². The summed E-state index contributed by atoms with van der Waals surface area (Å²) in [5.41, 5.74) is 7.91. The molecule has 0 bridgehead atoms. The molecule has 4 N–H and O–H groups in total. The highest BCUT2D eigenvalue weighted by atomic mass is 16.1. The first-order valence-corrected chi connectivity index (χ1v) is 5.97. The van der Waals surface area contributed by atoms with Gasteiger partial charge in [0.05, 0.1) is 11.7 Å². The summed E-state index contributed by atoms with van der Waals surface area (Å²) in [6.45, 7) is 0. The summed E-state index contributed by atoms with van der Waals surface area (Å²) in [4.78, 5) is 19.8. The van der Waals surface area contributed by atoms with Gasteiger partial charge in [0.2, 0.25) is 5.95 Å². The Kier molecular flexibility index (Phi) is 2.79. The number of nitrogens with zero attached hydrogens (tertiary/aromatic N) is 3. The van der Waals surface area contributed by atoms with E-state index in [9.17, 15) is 4.79 Å². The van der Waals surface area contributed by atoms with Gasteiger partial charge in [-0.3, -0.25) is 9.89 Å². The average Bonchev–Trinajstić information content (AvgIpc) is 2.95. The van der Waals surface area contributed by atoms with Crippen molar-refractivity contribution in [3.05, 3.63) is 36.3 Å². The Bertz CT molecular complexity index is 794. The third-order valence-corrected chi connectivity index (χ3v) is 3.00. The molecule has 0 atom stereocenters. The van der Waals surface area contributed by atoms with Crippen LogP contribution in [0.5, 0.6) is 0 Å². The van der Waals surface area contributed by atoms with Gasteiger partial charge in [-0.15, -0.1) is 0 Å². The van der Waals surface area contributed by atoms with E-state index in [0.717, 1.165) is 16.5 Å². The van der Waals surface area contributed by atoms with Gasteiger partial charge in [-0.25, -0.2) is 9.97 Å². The molecule has 0 saturated heterocycles. The molecule has 0 unspecified atom stereocenters. The van der Waals surface area contributed by atoms with Gasteiger partial charge in [-0.2, -0.15) is 5.10 Å². The molecule has 0 aliphatic heterocycles. The summed E-state index contributed by atoms with van der Waals surface area (Å²) in [5, 5.41) is 10.2. The Hall–Kier alpha value is -2.96. The van der Waals surface area contributed by atoms with E-state index in [1.165, 1.54) is 0 Å². The summed E-state index contributed by atoms with van der Waals surface area (Å²) in [6.07, 6.45) is 3.30. The summed E-state index contributed by atoms with van der Waals surface area (Å²) < 4.78 is 0. The minimum absolute atomic E-state index is 0.289. The zero-order valence-corrected chi connectivity index (χ0v) is 10.7. The zero-order valence-electron chi connectivity index (χ0n) is 10.7. The van der Waals surface area contributed by atoms with Gasteiger partial charge in [0, 0.05) is 24.2 Å². The van der Waals surface area contributed by atoms with E-state index < -0.39 is 5.91 Å². The highest BCUT2D eigenvalue weighted by molar-refractivity contribution is 5.98. The van der Waals surface area contributed by atoms with Gasteiger partial charge in [-0.1, -0.05) is 6.07 Å². The van der Waals surface area contributed by atoms with Crippen LogP contribution >= 0.6 is 0 Å². The maximum absolute atomic E-state index is 11.3. The van der Waals surface area contributed by atoms with E-state index in [4.69, 9.17) is 5.73 Å². The predicted octanol–water partition coefficient (Wildman–Crippen LogP) is 1.16. The van der Waals surface area contributed by atoms with E-state index in [1.807, 2.05) is 18.2 Å². The number of hydrogen-bond donors (Lipinski definition) is 3. The molecule has 20 heavy (non-hydrogen) atoms. The number of fused-ring (bicyclic) bond motifs is 1. The monoisotopic (exact) mass is 268 g/mol.